The van der Waals surface area contributed by atoms with Gasteiger partial charge in [-0.05, 0) is 24.6 Å². The maximum Gasteiger partial charge on any atom is 0.320 e. The first-order valence-electron chi connectivity index (χ1n) is 6.14. The van der Waals surface area contributed by atoms with Crippen LogP contribution in [0.3, 0.4) is 0 Å². The second-order valence-electron chi connectivity index (χ2n) is 4.57. The zero-order valence-electron chi connectivity index (χ0n) is 11.7. The van der Waals surface area contributed by atoms with Crippen molar-refractivity contribution < 1.29 is 27.5 Å². The number of benzene rings is 1. The SMILES string of the molecule is CS(=O)(=O)c1ccc(NNC(=O)CC[C@H](N)C(=O)O)c(F)c1. The van der Waals surface area contributed by atoms with Crippen LogP contribution in [0.4, 0.5) is 10.1 Å². The summed E-state index contributed by atoms with van der Waals surface area (Å²) in [6.07, 6.45) is 0.712. The average Bonchev–Trinajstić information content (AvgIpc) is 2.42. The van der Waals surface area contributed by atoms with Crippen molar-refractivity contribution in [1.82, 2.24) is 5.43 Å². The Balaban J connectivity index is 2.58. The first kappa shape index (κ1) is 17.9. The summed E-state index contributed by atoms with van der Waals surface area (Å²) >= 11 is 0. The molecule has 22 heavy (non-hydrogen) atoms. The number of carbonyl (C=O) groups excluding carboxylic acids is 1. The van der Waals surface area contributed by atoms with Crippen LogP contribution in [0.15, 0.2) is 23.1 Å². The summed E-state index contributed by atoms with van der Waals surface area (Å²) in [5, 5.41) is 8.56. The number of carboxylic acids is 1. The minimum absolute atomic E-state index is 0.0711. The molecule has 1 atom stereocenters. The number of nitrogens with two attached hydrogens (primary N) is 1. The van der Waals surface area contributed by atoms with Crippen molar-refractivity contribution in [3.8, 4) is 0 Å². The fourth-order valence-corrected chi connectivity index (χ4v) is 2.07. The number of aliphatic carboxylic acids is 1. The highest BCUT2D eigenvalue weighted by molar-refractivity contribution is 7.90. The third-order valence-electron chi connectivity index (χ3n) is 2.70. The molecule has 5 N–H and O–H groups in total. The fraction of sp³-hybridized carbons (Fsp3) is 0.333. The standard InChI is InChI=1S/C12H16FN3O5S/c1-22(20,21)7-2-4-10(8(13)6-7)15-16-11(17)5-3-9(14)12(18)19/h2,4,6,9,15H,3,5,14H2,1H3,(H,16,17)(H,18,19)/t9-/m0/s1. The van der Waals surface area contributed by atoms with Crippen molar-refractivity contribution in [2.75, 3.05) is 11.7 Å². The minimum atomic E-state index is -3.52. The summed E-state index contributed by atoms with van der Waals surface area (Å²) in [6.45, 7) is 0. The summed E-state index contributed by atoms with van der Waals surface area (Å²) in [6, 6.07) is 2.02. The Morgan fingerprint density at radius 3 is 2.55 bits per heavy atom. The van der Waals surface area contributed by atoms with Gasteiger partial charge in [0.15, 0.2) is 9.84 Å². The molecule has 0 fully saturated rings. The summed E-state index contributed by atoms with van der Waals surface area (Å²) in [7, 11) is -3.52. The van der Waals surface area contributed by atoms with E-state index in [-0.39, 0.29) is 23.4 Å². The maximum absolute atomic E-state index is 13.7. The van der Waals surface area contributed by atoms with E-state index in [1.807, 2.05) is 0 Å². The number of carboxylic acid groups (broad SMARTS) is 1. The van der Waals surface area contributed by atoms with Gasteiger partial charge in [0.05, 0.1) is 10.6 Å². The number of anilines is 1. The van der Waals surface area contributed by atoms with Gasteiger partial charge in [0.2, 0.25) is 5.91 Å². The second kappa shape index (κ2) is 7.18. The lowest BCUT2D eigenvalue weighted by molar-refractivity contribution is -0.138. The third-order valence-corrected chi connectivity index (χ3v) is 3.82. The number of carbonyl (C=O) groups is 2. The molecule has 1 amide bonds. The third kappa shape index (κ3) is 5.30. The van der Waals surface area contributed by atoms with E-state index in [9.17, 15) is 22.4 Å². The van der Waals surface area contributed by atoms with E-state index in [2.05, 4.69) is 10.9 Å². The average molecular weight is 333 g/mol. The molecule has 0 bridgehead atoms. The summed E-state index contributed by atoms with van der Waals surface area (Å²) in [5.41, 5.74) is 9.57. The first-order valence-corrected chi connectivity index (χ1v) is 8.03. The lowest BCUT2D eigenvalue weighted by Gasteiger charge is -2.11. The molecule has 0 aliphatic rings. The number of sulfone groups is 1. The molecule has 1 aromatic rings. The lowest BCUT2D eigenvalue weighted by atomic mass is 10.2. The van der Waals surface area contributed by atoms with Crippen LogP contribution in [0.25, 0.3) is 0 Å². The molecule has 0 saturated heterocycles. The summed E-state index contributed by atoms with van der Waals surface area (Å²) in [5.74, 6) is -2.66. The van der Waals surface area contributed by atoms with Gasteiger partial charge in [-0.1, -0.05) is 0 Å². The predicted molar refractivity (Wildman–Crippen MR) is 76.1 cm³/mol. The number of nitrogens with one attached hydrogen (secondary N) is 2. The Bertz CT molecular complexity index is 677. The van der Waals surface area contributed by atoms with Gasteiger partial charge in [-0.15, -0.1) is 0 Å². The molecule has 0 radical (unpaired) electrons. The smallest absolute Gasteiger partial charge is 0.320 e. The van der Waals surface area contributed by atoms with Gasteiger partial charge >= 0.3 is 5.97 Å². The van der Waals surface area contributed by atoms with Crippen molar-refractivity contribution >= 4 is 27.4 Å². The Morgan fingerprint density at radius 1 is 1.41 bits per heavy atom. The van der Waals surface area contributed by atoms with E-state index in [1.165, 1.54) is 6.07 Å². The van der Waals surface area contributed by atoms with Gasteiger partial charge < -0.3 is 10.8 Å². The van der Waals surface area contributed by atoms with Crippen LogP contribution in [0.2, 0.25) is 0 Å². The number of rotatable bonds is 7. The molecule has 1 aromatic carbocycles. The quantitative estimate of drug-likeness (QED) is 0.509. The molecular weight excluding hydrogens is 317 g/mol. The molecule has 0 aliphatic heterocycles. The van der Waals surface area contributed by atoms with Gasteiger partial charge in [-0.2, -0.15) is 0 Å². The van der Waals surface area contributed by atoms with Crippen molar-refractivity contribution in [1.29, 1.82) is 0 Å². The number of hydrogen-bond donors (Lipinski definition) is 4. The molecule has 0 saturated carbocycles. The van der Waals surface area contributed by atoms with Crippen LogP contribution in [0.5, 0.6) is 0 Å². The fourth-order valence-electron chi connectivity index (χ4n) is 1.44. The second-order valence-corrected chi connectivity index (χ2v) is 6.59. The number of hydrazine groups is 1. The monoisotopic (exact) mass is 333 g/mol. The van der Waals surface area contributed by atoms with Crippen molar-refractivity contribution in [3.63, 3.8) is 0 Å². The van der Waals surface area contributed by atoms with Crippen LogP contribution in [0, 0.1) is 5.82 Å². The zero-order chi connectivity index (χ0) is 16.9. The topological polar surface area (TPSA) is 139 Å². The van der Waals surface area contributed by atoms with Crippen LogP contribution in [-0.4, -0.2) is 37.7 Å². The van der Waals surface area contributed by atoms with E-state index in [0.29, 0.717) is 0 Å². The molecule has 10 heteroatoms. The van der Waals surface area contributed by atoms with E-state index in [1.54, 1.807) is 0 Å². The Kier molecular flexibility index (Phi) is 5.83. The van der Waals surface area contributed by atoms with E-state index in [0.717, 1.165) is 18.4 Å². The molecule has 8 nitrogen and oxygen atoms in total. The number of amides is 1. The number of halogens is 1. The van der Waals surface area contributed by atoms with E-state index in [4.69, 9.17) is 10.8 Å². The first-order chi connectivity index (χ1) is 10.1. The minimum Gasteiger partial charge on any atom is -0.480 e. The van der Waals surface area contributed by atoms with Crippen LogP contribution in [-0.2, 0) is 19.4 Å². The zero-order valence-corrected chi connectivity index (χ0v) is 12.5. The molecule has 0 unspecified atom stereocenters. The van der Waals surface area contributed by atoms with Crippen LogP contribution < -0.4 is 16.6 Å². The number of hydrogen-bond acceptors (Lipinski definition) is 6. The largest absolute Gasteiger partial charge is 0.480 e. The van der Waals surface area contributed by atoms with Gasteiger partial charge in [0.1, 0.15) is 11.9 Å². The molecule has 122 valence electrons. The van der Waals surface area contributed by atoms with E-state index >= 15 is 0 Å². The highest BCUT2D eigenvalue weighted by Crippen LogP contribution is 2.18. The molecule has 0 aliphatic carbocycles. The highest BCUT2D eigenvalue weighted by atomic mass is 32.2. The molecule has 0 spiro atoms. The molecule has 0 aromatic heterocycles. The van der Waals surface area contributed by atoms with Gasteiger partial charge in [-0.25, -0.2) is 12.8 Å². The van der Waals surface area contributed by atoms with E-state index < -0.39 is 33.6 Å². The van der Waals surface area contributed by atoms with Crippen molar-refractivity contribution in [2.24, 2.45) is 5.73 Å². The summed E-state index contributed by atoms with van der Waals surface area (Å²) < 4.78 is 36.2. The highest BCUT2D eigenvalue weighted by Gasteiger charge is 2.14. The molecule has 0 heterocycles. The Hall–Kier alpha value is -2.20. The molecule has 1 rings (SSSR count). The Labute approximate surface area is 126 Å². The maximum atomic E-state index is 13.7. The van der Waals surface area contributed by atoms with Gasteiger partial charge in [0.25, 0.3) is 0 Å². The van der Waals surface area contributed by atoms with Gasteiger partial charge in [-0.3, -0.25) is 20.4 Å². The summed E-state index contributed by atoms with van der Waals surface area (Å²) in [4.78, 5) is 21.7. The predicted octanol–water partition coefficient (Wildman–Crippen LogP) is -0.136. The Morgan fingerprint density at radius 2 is 2.05 bits per heavy atom. The lowest BCUT2D eigenvalue weighted by Crippen LogP contribution is -2.34. The van der Waals surface area contributed by atoms with Crippen molar-refractivity contribution in [2.45, 2.75) is 23.8 Å². The van der Waals surface area contributed by atoms with Crippen LogP contribution in [0.1, 0.15) is 12.8 Å². The van der Waals surface area contributed by atoms with Crippen molar-refractivity contribution in [3.05, 3.63) is 24.0 Å². The van der Waals surface area contributed by atoms with Gasteiger partial charge in [0, 0.05) is 12.7 Å². The normalized spacial score (nSPS) is 12.5. The molecular formula is C12H16FN3O5S. The van der Waals surface area contributed by atoms with Crippen LogP contribution >= 0.6 is 0 Å².